The van der Waals surface area contributed by atoms with Gasteiger partial charge in [-0.2, -0.15) is 0 Å². The van der Waals surface area contributed by atoms with Crippen LogP contribution in [0.3, 0.4) is 0 Å². The fourth-order valence-electron chi connectivity index (χ4n) is 1.18. The standard InChI is InChI=1S/C8H9N7O2.ClH/c1-15-7(17-8(10)16)6(13-14-15)4-2-12-5(9)3-11-4;/h2-3H,1H3,(H2,9,12)(H2,10,16);1H. The Morgan fingerprint density at radius 2 is 2.11 bits per heavy atom. The number of primary amides is 1. The number of carbonyl (C=O) groups is 1. The fourth-order valence-corrected chi connectivity index (χ4v) is 1.18. The van der Waals surface area contributed by atoms with E-state index in [9.17, 15) is 4.79 Å². The third-order valence-electron chi connectivity index (χ3n) is 1.89. The molecule has 0 aliphatic carbocycles. The third-order valence-corrected chi connectivity index (χ3v) is 1.89. The molecule has 0 atom stereocenters. The monoisotopic (exact) mass is 271 g/mol. The average Bonchev–Trinajstić information content (AvgIpc) is 2.61. The number of anilines is 1. The van der Waals surface area contributed by atoms with Crippen molar-refractivity contribution in [2.24, 2.45) is 12.8 Å². The molecule has 4 N–H and O–H groups in total. The van der Waals surface area contributed by atoms with Crippen LogP contribution in [0.4, 0.5) is 10.6 Å². The highest BCUT2D eigenvalue weighted by Gasteiger charge is 2.17. The molecule has 0 saturated heterocycles. The van der Waals surface area contributed by atoms with Crippen molar-refractivity contribution in [3.8, 4) is 17.3 Å². The van der Waals surface area contributed by atoms with Crippen molar-refractivity contribution < 1.29 is 9.53 Å². The molecule has 10 heteroatoms. The molecule has 0 bridgehead atoms. The molecule has 0 radical (unpaired) electrons. The van der Waals surface area contributed by atoms with E-state index < -0.39 is 6.09 Å². The van der Waals surface area contributed by atoms with Gasteiger partial charge in [-0.05, 0) is 0 Å². The normalized spacial score (nSPS) is 9.61. The summed E-state index contributed by atoms with van der Waals surface area (Å²) in [5, 5.41) is 7.51. The number of aryl methyl sites for hydroxylation is 1. The van der Waals surface area contributed by atoms with Crippen molar-refractivity contribution in [1.82, 2.24) is 25.0 Å². The summed E-state index contributed by atoms with van der Waals surface area (Å²) in [6.07, 6.45) is 1.80. The molecule has 1 amide bonds. The summed E-state index contributed by atoms with van der Waals surface area (Å²) in [5.74, 6) is 0.367. The number of aromatic nitrogens is 5. The number of amides is 1. The quantitative estimate of drug-likeness (QED) is 0.767. The van der Waals surface area contributed by atoms with E-state index in [1.54, 1.807) is 7.05 Å². The van der Waals surface area contributed by atoms with Crippen LogP contribution in [-0.2, 0) is 7.05 Å². The number of hydrogen-bond donors (Lipinski definition) is 2. The SMILES string of the molecule is Cl.Cn1nnc(-c2cnc(N)cn2)c1OC(N)=O. The minimum atomic E-state index is -0.958. The number of nitrogen functional groups attached to an aromatic ring is 1. The van der Waals surface area contributed by atoms with Crippen molar-refractivity contribution in [3.63, 3.8) is 0 Å². The van der Waals surface area contributed by atoms with Gasteiger partial charge in [0.2, 0.25) is 0 Å². The fraction of sp³-hybridized carbons (Fsp3) is 0.125. The molecule has 0 fully saturated rings. The zero-order valence-electron chi connectivity index (χ0n) is 9.27. The number of nitrogens with zero attached hydrogens (tertiary/aromatic N) is 5. The van der Waals surface area contributed by atoms with Crippen LogP contribution in [0.1, 0.15) is 0 Å². The third kappa shape index (κ3) is 2.63. The molecule has 0 saturated carbocycles. The number of halogens is 1. The van der Waals surface area contributed by atoms with Gasteiger partial charge in [-0.25, -0.2) is 19.4 Å². The van der Waals surface area contributed by atoms with Crippen LogP contribution >= 0.6 is 12.4 Å². The summed E-state index contributed by atoms with van der Waals surface area (Å²) in [6, 6.07) is 0. The van der Waals surface area contributed by atoms with E-state index in [0.29, 0.717) is 5.69 Å². The minimum Gasteiger partial charge on any atom is -0.389 e. The molecule has 2 aromatic rings. The number of ether oxygens (including phenoxy) is 1. The molecule has 96 valence electrons. The molecule has 18 heavy (non-hydrogen) atoms. The van der Waals surface area contributed by atoms with Gasteiger partial charge >= 0.3 is 6.09 Å². The first-order valence-electron chi connectivity index (χ1n) is 4.53. The van der Waals surface area contributed by atoms with Crippen LogP contribution in [0.5, 0.6) is 5.88 Å². The number of nitrogens with two attached hydrogens (primary N) is 2. The maximum absolute atomic E-state index is 10.7. The Morgan fingerprint density at radius 3 is 2.67 bits per heavy atom. The van der Waals surface area contributed by atoms with Crippen LogP contribution < -0.4 is 16.2 Å². The second-order valence-corrected chi connectivity index (χ2v) is 3.11. The Kier molecular flexibility index (Phi) is 4.00. The van der Waals surface area contributed by atoms with Gasteiger partial charge in [-0.1, -0.05) is 5.21 Å². The van der Waals surface area contributed by atoms with Crippen LogP contribution in [0.25, 0.3) is 11.4 Å². The first-order valence-corrected chi connectivity index (χ1v) is 4.53. The van der Waals surface area contributed by atoms with Gasteiger partial charge in [0.15, 0.2) is 5.69 Å². The Balaban J connectivity index is 0.00000162. The van der Waals surface area contributed by atoms with Crippen molar-refractivity contribution in [2.45, 2.75) is 0 Å². The first kappa shape index (κ1) is 13.6. The molecule has 0 aliphatic rings. The highest BCUT2D eigenvalue weighted by Crippen LogP contribution is 2.24. The summed E-state index contributed by atoms with van der Waals surface area (Å²) in [7, 11) is 1.56. The maximum atomic E-state index is 10.7. The molecule has 2 heterocycles. The van der Waals surface area contributed by atoms with Gasteiger partial charge in [0.1, 0.15) is 11.5 Å². The second-order valence-electron chi connectivity index (χ2n) is 3.11. The predicted molar refractivity (Wildman–Crippen MR) is 63.9 cm³/mol. The van der Waals surface area contributed by atoms with Crippen molar-refractivity contribution in [3.05, 3.63) is 12.4 Å². The molecule has 0 aromatic carbocycles. The zero-order chi connectivity index (χ0) is 12.4. The highest BCUT2D eigenvalue weighted by molar-refractivity contribution is 5.85. The molecular formula is C8H10ClN7O2. The van der Waals surface area contributed by atoms with Gasteiger partial charge in [0, 0.05) is 7.05 Å². The number of carbonyl (C=O) groups excluding carboxylic acids is 1. The van der Waals surface area contributed by atoms with E-state index >= 15 is 0 Å². The topological polar surface area (TPSA) is 135 Å². The highest BCUT2D eigenvalue weighted by atomic mass is 35.5. The lowest BCUT2D eigenvalue weighted by molar-refractivity contribution is 0.207. The van der Waals surface area contributed by atoms with Crippen molar-refractivity contribution in [2.75, 3.05) is 5.73 Å². The van der Waals surface area contributed by atoms with Gasteiger partial charge in [-0.3, -0.25) is 0 Å². The predicted octanol–water partition coefficient (Wildman–Crippen LogP) is -0.266. The lowest BCUT2D eigenvalue weighted by Gasteiger charge is -2.02. The minimum absolute atomic E-state index is 0. The summed E-state index contributed by atoms with van der Waals surface area (Å²) >= 11 is 0. The zero-order valence-corrected chi connectivity index (χ0v) is 10.1. The Bertz CT molecular complexity index is 553. The number of hydrogen-bond acceptors (Lipinski definition) is 7. The van der Waals surface area contributed by atoms with Gasteiger partial charge in [0.25, 0.3) is 5.88 Å². The second kappa shape index (κ2) is 5.27. The smallest absolute Gasteiger partial charge is 0.389 e. The maximum Gasteiger partial charge on any atom is 0.411 e. The van der Waals surface area contributed by atoms with Crippen LogP contribution in [-0.4, -0.2) is 31.1 Å². The van der Waals surface area contributed by atoms with Crippen LogP contribution in [0.2, 0.25) is 0 Å². The summed E-state index contributed by atoms with van der Waals surface area (Å²) in [5.41, 5.74) is 11.0. The Morgan fingerprint density at radius 1 is 1.39 bits per heavy atom. The van der Waals surface area contributed by atoms with Gasteiger partial charge < -0.3 is 16.2 Å². The Labute approximate surface area is 108 Å². The van der Waals surface area contributed by atoms with E-state index in [4.69, 9.17) is 16.2 Å². The average molecular weight is 272 g/mol. The van der Waals surface area contributed by atoms with E-state index in [-0.39, 0.29) is 29.8 Å². The molecule has 2 aromatic heterocycles. The number of rotatable bonds is 2. The van der Waals surface area contributed by atoms with Crippen molar-refractivity contribution >= 4 is 24.3 Å². The van der Waals surface area contributed by atoms with Crippen LogP contribution in [0.15, 0.2) is 12.4 Å². The van der Waals surface area contributed by atoms with E-state index in [0.717, 1.165) is 0 Å². The van der Waals surface area contributed by atoms with E-state index in [1.165, 1.54) is 17.1 Å². The first-order chi connectivity index (χ1) is 8.08. The molecule has 0 unspecified atom stereocenters. The molecular weight excluding hydrogens is 262 g/mol. The Hall–Kier alpha value is -2.42. The lowest BCUT2D eigenvalue weighted by Crippen LogP contribution is -2.18. The van der Waals surface area contributed by atoms with E-state index in [1.807, 2.05) is 0 Å². The molecule has 0 spiro atoms. The largest absolute Gasteiger partial charge is 0.411 e. The van der Waals surface area contributed by atoms with Crippen molar-refractivity contribution in [1.29, 1.82) is 0 Å². The molecule has 2 rings (SSSR count). The summed E-state index contributed by atoms with van der Waals surface area (Å²) in [4.78, 5) is 18.6. The van der Waals surface area contributed by atoms with E-state index in [2.05, 4.69) is 20.3 Å². The molecule has 9 nitrogen and oxygen atoms in total. The van der Waals surface area contributed by atoms with Gasteiger partial charge in [-0.15, -0.1) is 17.5 Å². The summed E-state index contributed by atoms with van der Waals surface area (Å²) in [6.45, 7) is 0. The van der Waals surface area contributed by atoms with Crippen LogP contribution in [0, 0.1) is 0 Å². The van der Waals surface area contributed by atoms with Gasteiger partial charge in [0.05, 0.1) is 12.4 Å². The lowest BCUT2D eigenvalue weighted by atomic mass is 10.3. The molecule has 0 aliphatic heterocycles. The summed E-state index contributed by atoms with van der Waals surface area (Å²) < 4.78 is 6.04.